The molecule has 1 saturated heterocycles. The van der Waals surface area contributed by atoms with Gasteiger partial charge in [-0.25, -0.2) is 18.6 Å². The molecule has 0 saturated carbocycles. The molecule has 0 spiro atoms. The van der Waals surface area contributed by atoms with E-state index in [1.54, 1.807) is 30.6 Å². The first kappa shape index (κ1) is 37.0. The van der Waals surface area contributed by atoms with Crippen molar-refractivity contribution in [3.63, 3.8) is 0 Å². The molecule has 11 nitrogen and oxygen atoms in total. The van der Waals surface area contributed by atoms with Crippen molar-refractivity contribution < 1.29 is 70.2 Å². The van der Waals surface area contributed by atoms with Gasteiger partial charge in [0.2, 0.25) is 0 Å². The van der Waals surface area contributed by atoms with Crippen LogP contribution in [0.15, 0.2) is 18.2 Å². The first-order valence-electron chi connectivity index (χ1n) is 13.0. The maximum atomic E-state index is 14.8. The molecule has 2 aromatic rings. The molecule has 2 heterocycles. The van der Waals surface area contributed by atoms with E-state index in [1.165, 1.54) is 13.2 Å². The number of amides is 2. The molecule has 3 N–H and O–H groups in total. The number of fused-ring (bicyclic) bond motifs is 1. The fraction of sp³-hybridized carbons (Fsp3) is 0.593. The molecule has 0 bridgehead atoms. The third-order valence-electron chi connectivity index (χ3n) is 6.01. The van der Waals surface area contributed by atoms with Gasteiger partial charge < -0.3 is 40.7 Å². The minimum atomic E-state index is -0.906. The van der Waals surface area contributed by atoms with E-state index in [2.05, 4.69) is 15.5 Å². The smallest absolute Gasteiger partial charge is 0.410 e. The summed E-state index contributed by atoms with van der Waals surface area (Å²) in [4.78, 5) is 43.4. The third-order valence-corrected chi connectivity index (χ3v) is 6.01. The molecule has 0 aliphatic carbocycles. The summed E-state index contributed by atoms with van der Waals surface area (Å²) in [5, 5.41) is 0.108. The number of aromatic nitrogens is 1. The summed E-state index contributed by atoms with van der Waals surface area (Å²) < 4.78 is 40.2. The molecule has 1 aliphatic heterocycles. The monoisotopic (exact) mass is 657 g/mol. The first-order valence-corrected chi connectivity index (χ1v) is 13.0. The Balaban J connectivity index is 0.00000420. The second kappa shape index (κ2) is 16.6. The van der Waals surface area contributed by atoms with Crippen molar-refractivity contribution in [1.82, 2.24) is 20.9 Å². The van der Waals surface area contributed by atoms with Gasteiger partial charge in [0.05, 0.1) is 12.6 Å². The Morgan fingerprint density at radius 1 is 1.20 bits per heavy atom. The second-order valence-electron chi connectivity index (χ2n) is 10.6. The van der Waals surface area contributed by atoms with Gasteiger partial charge in [-0.15, -0.1) is 0 Å². The summed E-state index contributed by atoms with van der Waals surface area (Å²) in [7, 11) is 1.35. The number of halogens is 2. The number of likely N-dealkylation sites (tertiary alicyclic amines) is 1. The van der Waals surface area contributed by atoms with Crippen LogP contribution in [0.2, 0.25) is 0 Å². The zero-order valence-corrected chi connectivity index (χ0v) is 27.5. The van der Waals surface area contributed by atoms with Gasteiger partial charge >= 0.3 is 6.09 Å². The van der Waals surface area contributed by atoms with Gasteiger partial charge in [-0.1, -0.05) is 0 Å². The van der Waals surface area contributed by atoms with Crippen LogP contribution in [-0.2, 0) is 47.1 Å². The molecule has 227 valence electrons. The van der Waals surface area contributed by atoms with E-state index in [1.807, 2.05) is 13.8 Å². The summed E-state index contributed by atoms with van der Waals surface area (Å²) in [6, 6.07) is 2.68. The fourth-order valence-corrected chi connectivity index (χ4v) is 4.47. The number of piperidine rings is 1. The largest absolute Gasteiger partial charge is 0.493 e. The van der Waals surface area contributed by atoms with Crippen molar-refractivity contribution in [3.8, 4) is 5.75 Å². The molecule has 2 amide bonds. The standard InChI is InChI=1S/C27H37F2N4O6.H3N.Y/c1-17(2)33(19-9-7-10-32(16-19)26(35)39-27(3,4)5)25(34)22-15-23(37-11-8-12-38-31-36-6)20-13-18(28)14-21(29)24(20)30-22;;/h13-15,17,19H,7-12,16H2,1-6H3;1H3;/q-1;;. The number of hydrogen-bond acceptors (Lipinski definition) is 8. The van der Waals surface area contributed by atoms with E-state index in [-0.39, 0.29) is 86.5 Å². The Bertz CT molecular complexity index is 1170. The number of rotatable bonds is 10. The topological polar surface area (TPSA) is 140 Å². The Kier molecular flexibility index (Phi) is 15.0. The van der Waals surface area contributed by atoms with Crippen molar-refractivity contribution in [1.29, 1.82) is 0 Å². The van der Waals surface area contributed by atoms with Gasteiger partial charge in [-0.2, -0.15) is 0 Å². The summed E-state index contributed by atoms with van der Waals surface area (Å²) >= 11 is 0. The van der Waals surface area contributed by atoms with Crippen LogP contribution in [0.25, 0.3) is 16.5 Å². The number of pyridine rings is 1. The maximum Gasteiger partial charge on any atom is 0.410 e. The Morgan fingerprint density at radius 3 is 2.54 bits per heavy atom. The minimum Gasteiger partial charge on any atom is -0.493 e. The zero-order chi connectivity index (χ0) is 28.7. The molecule has 3 rings (SSSR count). The van der Waals surface area contributed by atoms with E-state index < -0.39 is 29.2 Å². The van der Waals surface area contributed by atoms with Gasteiger partial charge in [0, 0.05) is 89.5 Å². The van der Waals surface area contributed by atoms with E-state index in [0.717, 1.165) is 6.07 Å². The molecule has 14 heteroatoms. The van der Waals surface area contributed by atoms with Crippen LogP contribution < -0.4 is 10.9 Å². The molecule has 1 unspecified atom stereocenters. The summed E-state index contributed by atoms with van der Waals surface area (Å²) in [5.41, 5.74) is 2.43. The summed E-state index contributed by atoms with van der Waals surface area (Å²) in [6.07, 6.45) is 1.32. The number of nitrogens with zero attached hydrogens (tertiary/aromatic N) is 4. The van der Waals surface area contributed by atoms with Crippen molar-refractivity contribution in [2.45, 2.75) is 71.6 Å². The summed E-state index contributed by atoms with van der Waals surface area (Å²) in [5.74, 6) is -2.02. The quantitative estimate of drug-likeness (QED) is 0.259. The van der Waals surface area contributed by atoms with Crippen molar-refractivity contribution in [2.75, 3.05) is 33.4 Å². The van der Waals surface area contributed by atoms with E-state index in [0.29, 0.717) is 38.4 Å². The number of carbonyl (C=O) groups is 2. The molecule has 1 atom stereocenters. The van der Waals surface area contributed by atoms with E-state index in [4.69, 9.17) is 14.3 Å². The van der Waals surface area contributed by atoms with Crippen LogP contribution in [0.5, 0.6) is 5.75 Å². The predicted molar refractivity (Wildman–Crippen MR) is 145 cm³/mol. The maximum absolute atomic E-state index is 14.8. The number of benzene rings is 1. The van der Waals surface area contributed by atoms with Crippen molar-refractivity contribution in [2.24, 2.45) is 0 Å². The average molecular weight is 658 g/mol. The van der Waals surface area contributed by atoms with Gasteiger partial charge in [0.25, 0.3) is 5.91 Å². The number of carbonyl (C=O) groups excluding carboxylic acids is 2. The first-order chi connectivity index (χ1) is 18.4. The minimum absolute atomic E-state index is 0. The van der Waals surface area contributed by atoms with Crippen LogP contribution in [0.3, 0.4) is 0 Å². The second-order valence-corrected chi connectivity index (χ2v) is 10.6. The van der Waals surface area contributed by atoms with Crippen LogP contribution in [0.4, 0.5) is 13.6 Å². The number of hydrogen-bond donors (Lipinski definition) is 1. The average Bonchev–Trinajstić information content (AvgIpc) is 2.85. The molecule has 1 fully saturated rings. The molecule has 41 heavy (non-hydrogen) atoms. The van der Waals surface area contributed by atoms with Crippen molar-refractivity contribution >= 4 is 22.9 Å². The van der Waals surface area contributed by atoms with Crippen molar-refractivity contribution in [3.05, 3.63) is 41.2 Å². The molecule has 1 aromatic heterocycles. The molecule has 1 aromatic carbocycles. The van der Waals surface area contributed by atoms with Crippen LogP contribution in [0.1, 0.15) is 64.4 Å². The van der Waals surface area contributed by atoms with E-state index >= 15 is 0 Å². The summed E-state index contributed by atoms with van der Waals surface area (Å²) in [6.45, 7) is 10.3. The zero-order valence-electron chi connectivity index (χ0n) is 24.6. The predicted octanol–water partition coefficient (Wildman–Crippen LogP) is 5.56. The van der Waals surface area contributed by atoms with Gasteiger partial charge in [-0.3, -0.25) is 4.79 Å². The van der Waals surface area contributed by atoms with Gasteiger partial charge in [-0.05, 0) is 53.5 Å². The molecular formula is C27H40F2N5O6Y-. The Morgan fingerprint density at radius 2 is 1.90 bits per heavy atom. The van der Waals surface area contributed by atoms with Crippen LogP contribution in [0, 0.1) is 11.6 Å². The normalized spacial score (nSPS) is 15.2. The van der Waals surface area contributed by atoms with Crippen LogP contribution in [-0.4, -0.2) is 77.9 Å². The fourth-order valence-electron chi connectivity index (χ4n) is 4.47. The number of ether oxygens (including phenoxy) is 2. The third kappa shape index (κ3) is 10.3. The van der Waals surface area contributed by atoms with E-state index in [9.17, 15) is 18.4 Å². The Hall–Kier alpha value is -2.03. The van der Waals surface area contributed by atoms with Gasteiger partial charge in [0.1, 0.15) is 28.4 Å². The SMILES string of the molecule is CO[N-]OCCCOc1cc(C(=O)N(C(C)C)C2CCCN(C(=O)OC(C)(C)C)C2)nc2c(F)cc(F)cc12.N.[Y]. The molecule has 1 radical (unpaired) electrons. The Labute approximate surface area is 265 Å². The van der Waals surface area contributed by atoms with Crippen LogP contribution >= 0.6 is 0 Å². The molecular weight excluding hydrogens is 617 g/mol. The molecule has 1 aliphatic rings. The van der Waals surface area contributed by atoms with Gasteiger partial charge in [0.15, 0.2) is 5.82 Å².